The Bertz CT molecular complexity index is 19.5. The van der Waals surface area contributed by atoms with Crippen LogP contribution in [0, 0.1) is 0 Å². The molecule has 1 N–H and O–H groups in total. The molecule has 0 atom stereocenters. The molecule has 0 amide bonds. The van der Waals surface area contributed by atoms with Crippen LogP contribution in [0.2, 0.25) is 4.44 Å². The van der Waals surface area contributed by atoms with Gasteiger partial charge in [0.05, 0.1) is 0 Å². The molecule has 0 aromatic heterocycles. The molecule has 0 rings (SSSR count). The summed E-state index contributed by atoms with van der Waals surface area (Å²) in [6.45, 7) is 4.45. The second-order valence-corrected chi connectivity index (χ2v) is 2.53. The van der Waals surface area contributed by atoms with E-state index >= 15 is 0 Å². The molecule has 0 bridgehead atoms. The zero-order chi connectivity index (χ0) is 4.83. The first-order valence-corrected chi connectivity index (χ1v) is 4.29. The Labute approximate surface area is 52.6 Å². The van der Waals surface area contributed by atoms with Crippen molar-refractivity contribution in [1.82, 2.24) is 5.32 Å². The molecule has 0 aliphatic rings. The van der Waals surface area contributed by atoms with E-state index in [0.717, 1.165) is 6.54 Å². The molecule has 3 radical (unpaired) electrons. The molecule has 0 unspecified atom stereocenters. The minimum absolute atomic E-state index is 1.12. The van der Waals surface area contributed by atoms with Crippen LogP contribution in [0.4, 0.5) is 0 Å². The second-order valence-electron chi connectivity index (χ2n) is 1.10. The minimum atomic E-state index is 1.12. The zero-order valence-electron chi connectivity index (χ0n) is 4.12. The summed E-state index contributed by atoms with van der Waals surface area (Å²) in [7, 11) is 0. The van der Waals surface area contributed by atoms with Crippen molar-refractivity contribution in [2.75, 3.05) is 13.1 Å². The summed E-state index contributed by atoms with van der Waals surface area (Å²) in [4.78, 5) is 0. The Morgan fingerprint density at radius 3 is 2.50 bits per heavy atom. The molecule has 0 fully saturated rings. The van der Waals surface area contributed by atoms with Crippen molar-refractivity contribution in [2.45, 2.75) is 11.4 Å². The van der Waals surface area contributed by atoms with E-state index in [4.69, 9.17) is 0 Å². The third-order valence-corrected chi connectivity index (χ3v) is 1.27. The van der Waals surface area contributed by atoms with E-state index in [-0.39, 0.29) is 0 Å². The van der Waals surface area contributed by atoms with E-state index in [9.17, 15) is 0 Å². The predicted molar refractivity (Wildman–Crippen MR) is 29.1 cm³/mol. The van der Waals surface area contributed by atoms with Gasteiger partial charge in [-0.15, -0.1) is 0 Å². The monoisotopic (exact) mass is 192 g/mol. The van der Waals surface area contributed by atoms with Crippen molar-refractivity contribution in [3.05, 3.63) is 0 Å². The van der Waals surface area contributed by atoms with Crippen LogP contribution in [0.25, 0.3) is 0 Å². The summed E-state index contributed by atoms with van der Waals surface area (Å²) in [6.07, 6.45) is 0. The molecule has 0 aliphatic carbocycles. The maximum absolute atomic E-state index is 3.22. The van der Waals surface area contributed by atoms with E-state index in [1.807, 2.05) is 0 Å². The SMILES string of the molecule is CCNC[CH2][Sn]. The van der Waals surface area contributed by atoms with Crippen LogP contribution in [0.5, 0.6) is 0 Å². The van der Waals surface area contributed by atoms with Gasteiger partial charge in [0.1, 0.15) is 0 Å². The van der Waals surface area contributed by atoms with Crippen LogP contribution in [0.1, 0.15) is 6.92 Å². The quantitative estimate of drug-likeness (QED) is 0.495. The second kappa shape index (κ2) is 5.76. The molecule has 1 nitrogen and oxygen atoms in total. The fraction of sp³-hybridized carbons (Fsp3) is 1.00. The van der Waals surface area contributed by atoms with Gasteiger partial charge in [0.2, 0.25) is 0 Å². The number of hydrogen-bond acceptors (Lipinski definition) is 1. The third kappa shape index (κ3) is 4.76. The van der Waals surface area contributed by atoms with Gasteiger partial charge in [-0.3, -0.25) is 0 Å². The summed E-state index contributed by atoms with van der Waals surface area (Å²) >= 11 is 1.63. The van der Waals surface area contributed by atoms with Crippen LogP contribution in [0.3, 0.4) is 0 Å². The molecule has 6 heavy (non-hydrogen) atoms. The summed E-state index contributed by atoms with van der Waals surface area (Å²) < 4.78 is 1.33. The maximum atomic E-state index is 3.22. The molecule has 0 spiro atoms. The standard InChI is InChI=1S/C4H10N.Sn/c1-3-5-4-2;/h5H,1,3-4H2,2H3;. The molecule has 35 valence electrons. The van der Waals surface area contributed by atoms with Gasteiger partial charge in [0, 0.05) is 0 Å². The molecule has 0 heterocycles. The Morgan fingerprint density at radius 2 is 2.33 bits per heavy atom. The number of hydrogen-bond donors (Lipinski definition) is 1. The van der Waals surface area contributed by atoms with Gasteiger partial charge in [0.25, 0.3) is 0 Å². The van der Waals surface area contributed by atoms with Crippen molar-refractivity contribution in [3.63, 3.8) is 0 Å². The zero-order valence-corrected chi connectivity index (χ0v) is 6.98. The van der Waals surface area contributed by atoms with Crippen molar-refractivity contribution in [1.29, 1.82) is 0 Å². The summed E-state index contributed by atoms with van der Waals surface area (Å²) in [5.41, 5.74) is 0. The van der Waals surface area contributed by atoms with Crippen LogP contribution >= 0.6 is 0 Å². The first-order valence-electron chi connectivity index (χ1n) is 2.27. The van der Waals surface area contributed by atoms with E-state index in [0.29, 0.717) is 0 Å². The molecular formula is C4H10NSn. The van der Waals surface area contributed by atoms with Crippen LogP contribution in [-0.4, -0.2) is 35.6 Å². The molecule has 2 heteroatoms. The normalized spacial score (nSPS) is 9.00. The van der Waals surface area contributed by atoms with Crippen molar-refractivity contribution in [2.24, 2.45) is 0 Å². The fourth-order valence-electron chi connectivity index (χ4n) is 0.265. The fourth-order valence-corrected chi connectivity index (χ4v) is 0.770. The van der Waals surface area contributed by atoms with Crippen LogP contribution in [0.15, 0.2) is 0 Å². The topological polar surface area (TPSA) is 12.0 Å². The van der Waals surface area contributed by atoms with Gasteiger partial charge in [-0.25, -0.2) is 0 Å². The van der Waals surface area contributed by atoms with Gasteiger partial charge in [-0.1, -0.05) is 0 Å². The van der Waals surface area contributed by atoms with E-state index < -0.39 is 0 Å². The third-order valence-electron chi connectivity index (χ3n) is 0.552. The van der Waals surface area contributed by atoms with Gasteiger partial charge >= 0.3 is 52.3 Å². The average molecular weight is 191 g/mol. The van der Waals surface area contributed by atoms with Gasteiger partial charge in [-0.2, -0.15) is 0 Å². The summed E-state index contributed by atoms with van der Waals surface area (Å²) in [5.74, 6) is 0. The molecule has 0 aromatic rings. The van der Waals surface area contributed by atoms with Crippen molar-refractivity contribution < 1.29 is 0 Å². The van der Waals surface area contributed by atoms with Crippen LogP contribution < -0.4 is 5.32 Å². The van der Waals surface area contributed by atoms with Crippen LogP contribution in [-0.2, 0) is 0 Å². The molecular weight excluding hydrogens is 181 g/mol. The average Bonchev–Trinajstić information content (AvgIpc) is 1.61. The van der Waals surface area contributed by atoms with Gasteiger partial charge in [-0.05, 0) is 0 Å². The Morgan fingerprint density at radius 1 is 1.67 bits per heavy atom. The molecule has 0 aliphatic heterocycles. The molecule has 0 saturated heterocycles. The number of nitrogens with one attached hydrogen (secondary N) is 1. The van der Waals surface area contributed by atoms with E-state index in [2.05, 4.69) is 12.2 Å². The van der Waals surface area contributed by atoms with E-state index in [1.54, 1.807) is 22.5 Å². The van der Waals surface area contributed by atoms with Gasteiger partial charge in [0.15, 0.2) is 0 Å². The Kier molecular flexibility index (Phi) is 6.49. The first kappa shape index (κ1) is 6.76. The predicted octanol–water partition coefficient (Wildman–Crippen LogP) is 0.183. The molecule has 0 aromatic carbocycles. The van der Waals surface area contributed by atoms with Crippen molar-refractivity contribution >= 4 is 22.5 Å². The summed E-state index contributed by atoms with van der Waals surface area (Å²) in [6, 6.07) is 0. The molecule has 0 saturated carbocycles. The number of rotatable bonds is 3. The van der Waals surface area contributed by atoms with E-state index in [1.165, 1.54) is 11.0 Å². The first-order chi connectivity index (χ1) is 2.91. The van der Waals surface area contributed by atoms with Crippen molar-refractivity contribution in [3.8, 4) is 0 Å². The Balaban J connectivity index is 2.34. The summed E-state index contributed by atoms with van der Waals surface area (Å²) in [5, 5.41) is 3.22. The Hall–Kier alpha value is 0.759. The van der Waals surface area contributed by atoms with Gasteiger partial charge < -0.3 is 0 Å².